The van der Waals surface area contributed by atoms with E-state index in [4.69, 9.17) is 13.9 Å². The molecule has 3 aromatic rings. The number of carbonyl (C=O) groups is 1. The van der Waals surface area contributed by atoms with Gasteiger partial charge in [-0.1, -0.05) is 12.1 Å². The van der Waals surface area contributed by atoms with Gasteiger partial charge in [0.15, 0.2) is 5.76 Å². The fourth-order valence-electron chi connectivity index (χ4n) is 3.26. The number of nitrogens with one attached hydrogen (secondary N) is 1. The van der Waals surface area contributed by atoms with Crippen molar-refractivity contribution >= 4 is 5.91 Å². The van der Waals surface area contributed by atoms with Gasteiger partial charge in [-0.3, -0.25) is 4.79 Å². The van der Waals surface area contributed by atoms with Gasteiger partial charge in [-0.25, -0.2) is 4.98 Å². The van der Waals surface area contributed by atoms with E-state index >= 15 is 0 Å². The number of carbonyl (C=O) groups excluding carboxylic acids is 1. The lowest BCUT2D eigenvalue weighted by atomic mass is 10.1. The quantitative estimate of drug-likeness (QED) is 0.704. The van der Waals surface area contributed by atoms with Crippen molar-refractivity contribution in [2.75, 3.05) is 20.3 Å². The second kappa shape index (κ2) is 8.27. The van der Waals surface area contributed by atoms with Crippen molar-refractivity contribution in [3.05, 3.63) is 60.3 Å². The van der Waals surface area contributed by atoms with Gasteiger partial charge in [0, 0.05) is 24.3 Å². The van der Waals surface area contributed by atoms with Gasteiger partial charge in [0.05, 0.1) is 25.0 Å². The lowest BCUT2D eigenvalue weighted by Crippen LogP contribution is -2.32. The predicted molar refractivity (Wildman–Crippen MR) is 105 cm³/mol. The summed E-state index contributed by atoms with van der Waals surface area (Å²) in [6.07, 6.45) is 3.78. The summed E-state index contributed by atoms with van der Waals surface area (Å²) in [4.78, 5) is 17.1. The third kappa shape index (κ3) is 3.92. The molecule has 1 atom stereocenters. The van der Waals surface area contributed by atoms with Crippen LogP contribution in [0.4, 0.5) is 0 Å². The van der Waals surface area contributed by atoms with Crippen LogP contribution < -0.4 is 10.1 Å². The topological polar surface area (TPSA) is 73.6 Å². The Labute approximate surface area is 163 Å². The molecule has 1 aliphatic rings. The van der Waals surface area contributed by atoms with Crippen LogP contribution in [-0.2, 0) is 4.74 Å². The highest BCUT2D eigenvalue weighted by Crippen LogP contribution is 2.29. The summed E-state index contributed by atoms with van der Waals surface area (Å²) < 4.78 is 16.7. The summed E-state index contributed by atoms with van der Waals surface area (Å²) >= 11 is 0. The number of oxazole rings is 1. The van der Waals surface area contributed by atoms with E-state index in [9.17, 15) is 4.79 Å². The van der Waals surface area contributed by atoms with Crippen LogP contribution >= 0.6 is 0 Å². The van der Waals surface area contributed by atoms with Crippen molar-refractivity contribution in [3.8, 4) is 28.5 Å². The normalized spacial score (nSPS) is 16.1. The summed E-state index contributed by atoms with van der Waals surface area (Å²) in [6, 6.07) is 14.9. The van der Waals surface area contributed by atoms with Crippen LogP contribution in [0.2, 0.25) is 0 Å². The molecule has 28 heavy (non-hydrogen) atoms. The van der Waals surface area contributed by atoms with Crippen molar-refractivity contribution < 1.29 is 18.7 Å². The van der Waals surface area contributed by atoms with Crippen LogP contribution in [-0.4, -0.2) is 37.3 Å². The lowest BCUT2D eigenvalue weighted by molar-refractivity contribution is 0.0858. The molecule has 4 rings (SSSR count). The van der Waals surface area contributed by atoms with E-state index in [1.807, 2.05) is 42.5 Å². The van der Waals surface area contributed by atoms with Crippen LogP contribution in [0.15, 0.2) is 59.1 Å². The fourth-order valence-corrected chi connectivity index (χ4v) is 3.26. The monoisotopic (exact) mass is 378 g/mol. The maximum atomic E-state index is 12.7. The molecule has 1 fully saturated rings. The minimum absolute atomic E-state index is 0.0968. The molecule has 0 aliphatic carbocycles. The Hall–Kier alpha value is -3.12. The Morgan fingerprint density at radius 3 is 2.79 bits per heavy atom. The summed E-state index contributed by atoms with van der Waals surface area (Å²) in [5.74, 6) is 1.66. The first-order valence-electron chi connectivity index (χ1n) is 9.34. The molecule has 0 spiro atoms. The van der Waals surface area contributed by atoms with E-state index in [0.717, 1.165) is 30.8 Å². The maximum absolute atomic E-state index is 12.7. The second-order valence-electron chi connectivity index (χ2n) is 6.65. The summed E-state index contributed by atoms with van der Waals surface area (Å²) in [5.41, 5.74) is 2.08. The van der Waals surface area contributed by atoms with E-state index in [0.29, 0.717) is 29.3 Å². The van der Waals surface area contributed by atoms with Crippen molar-refractivity contribution in [1.29, 1.82) is 0 Å². The number of benzene rings is 2. The second-order valence-corrected chi connectivity index (χ2v) is 6.65. The van der Waals surface area contributed by atoms with Gasteiger partial charge in [0.25, 0.3) is 5.91 Å². The molecule has 1 amide bonds. The van der Waals surface area contributed by atoms with Crippen molar-refractivity contribution in [3.63, 3.8) is 0 Å². The summed E-state index contributed by atoms with van der Waals surface area (Å²) in [7, 11) is 1.63. The number of methoxy groups -OCH3 is 1. The average molecular weight is 378 g/mol. The minimum Gasteiger partial charge on any atom is -0.497 e. The van der Waals surface area contributed by atoms with Gasteiger partial charge in [0.1, 0.15) is 5.75 Å². The van der Waals surface area contributed by atoms with Crippen LogP contribution in [0.25, 0.3) is 22.8 Å². The molecular weight excluding hydrogens is 356 g/mol. The number of amides is 1. The van der Waals surface area contributed by atoms with Gasteiger partial charge in [-0.05, 0) is 49.2 Å². The first-order chi connectivity index (χ1) is 13.7. The number of nitrogens with zero attached hydrogens (tertiary/aromatic N) is 1. The first-order valence-corrected chi connectivity index (χ1v) is 9.34. The zero-order valence-corrected chi connectivity index (χ0v) is 15.7. The highest BCUT2D eigenvalue weighted by Gasteiger charge is 2.20. The number of ether oxygens (including phenoxy) is 2. The van der Waals surface area contributed by atoms with Gasteiger partial charge in [-0.15, -0.1) is 0 Å². The Kier molecular flexibility index (Phi) is 5.39. The molecule has 6 heteroatoms. The molecular formula is C22H22N2O4. The van der Waals surface area contributed by atoms with Crippen LogP contribution in [0, 0.1) is 0 Å². The van der Waals surface area contributed by atoms with Crippen LogP contribution in [0.3, 0.4) is 0 Å². The van der Waals surface area contributed by atoms with Crippen LogP contribution in [0.5, 0.6) is 5.75 Å². The molecule has 2 heterocycles. The SMILES string of the molecule is COc1ccc(-c2cnc(-c3ccccc3C(=O)NC[C@@H]3CCCO3)o2)cc1. The molecule has 0 unspecified atom stereocenters. The van der Waals surface area contributed by atoms with E-state index in [-0.39, 0.29) is 12.0 Å². The Balaban J connectivity index is 1.54. The number of rotatable bonds is 6. The van der Waals surface area contributed by atoms with Gasteiger partial charge < -0.3 is 19.2 Å². The smallest absolute Gasteiger partial charge is 0.252 e. The third-order valence-corrected chi connectivity index (χ3v) is 4.80. The van der Waals surface area contributed by atoms with E-state index in [1.54, 1.807) is 19.4 Å². The summed E-state index contributed by atoms with van der Waals surface area (Å²) in [6.45, 7) is 1.28. The first kappa shape index (κ1) is 18.3. The van der Waals surface area contributed by atoms with Crippen molar-refractivity contribution in [1.82, 2.24) is 10.3 Å². The molecule has 0 saturated carbocycles. The van der Waals surface area contributed by atoms with Gasteiger partial charge in [-0.2, -0.15) is 0 Å². The molecule has 0 bridgehead atoms. The largest absolute Gasteiger partial charge is 0.497 e. The molecule has 0 radical (unpaired) electrons. The molecule has 1 aromatic heterocycles. The highest BCUT2D eigenvalue weighted by atomic mass is 16.5. The van der Waals surface area contributed by atoms with Crippen LogP contribution in [0.1, 0.15) is 23.2 Å². The highest BCUT2D eigenvalue weighted by molar-refractivity contribution is 6.00. The molecule has 6 nitrogen and oxygen atoms in total. The average Bonchev–Trinajstić information content (AvgIpc) is 3.44. The Morgan fingerprint density at radius 2 is 2.04 bits per heavy atom. The number of aromatic nitrogens is 1. The predicted octanol–water partition coefficient (Wildman–Crippen LogP) is 3.93. The standard InChI is InChI=1S/C22H22N2O4/c1-26-16-10-8-15(9-11-16)20-14-24-22(28-20)19-7-3-2-6-18(19)21(25)23-13-17-5-4-12-27-17/h2-3,6-11,14,17H,4-5,12-13H2,1H3,(H,23,25)/t17-/m0/s1. The van der Waals surface area contributed by atoms with Crippen molar-refractivity contribution in [2.24, 2.45) is 0 Å². The zero-order valence-electron chi connectivity index (χ0n) is 15.7. The van der Waals surface area contributed by atoms with E-state index in [2.05, 4.69) is 10.3 Å². The summed E-state index contributed by atoms with van der Waals surface area (Å²) in [5, 5.41) is 2.95. The maximum Gasteiger partial charge on any atom is 0.252 e. The minimum atomic E-state index is -0.157. The molecule has 144 valence electrons. The molecule has 1 N–H and O–H groups in total. The Morgan fingerprint density at radius 1 is 1.21 bits per heavy atom. The van der Waals surface area contributed by atoms with E-state index < -0.39 is 0 Å². The van der Waals surface area contributed by atoms with E-state index in [1.165, 1.54) is 0 Å². The number of hydrogen-bond acceptors (Lipinski definition) is 5. The molecule has 2 aromatic carbocycles. The van der Waals surface area contributed by atoms with Gasteiger partial charge in [0.2, 0.25) is 5.89 Å². The zero-order chi connectivity index (χ0) is 19.3. The number of hydrogen-bond donors (Lipinski definition) is 1. The Bertz CT molecular complexity index is 943. The molecule has 1 saturated heterocycles. The lowest BCUT2D eigenvalue weighted by Gasteiger charge is -2.12. The molecule has 1 aliphatic heterocycles. The third-order valence-electron chi connectivity index (χ3n) is 4.80. The van der Waals surface area contributed by atoms with Crippen molar-refractivity contribution in [2.45, 2.75) is 18.9 Å². The fraction of sp³-hybridized carbons (Fsp3) is 0.273. The van der Waals surface area contributed by atoms with Gasteiger partial charge >= 0.3 is 0 Å².